The fourth-order valence-electron chi connectivity index (χ4n) is 4.60. The lowest BCUT2D eigenvalue weighted by atomic mass is 9.76. The Balaban J connectivity index is 1.75. The second-order valence-electron chi connectivity index (χ2n) is 7.63. The van der Waals surface area contributed by atoms with Crippen molar-refractivity contribution in [1.29, 1.82) is 5.26 Å². The summed E-state index contributed by atoms with van der Waals surface area (Å²) in [5, 5.41) is 9.66. The maximum atomic E-state index is 12.5. The monoisotopic (exact) mass is 376 g/mol. The lowest BCUT2D eigenvalue weighted by molar-refractivity contribution is -0.173. The van der Waals surface area contributed by atoms with Crippen molar-refractivity contribution >= 4 is 11.7 Å². The topological polar surface area (TPSA) is 69.5 Å². The molecule has 3 heterocycles. The van der Waals surface area contributed by atoms with Gasteiger partial charge in [-0.1, -0.05) is 30.3 Å². The van der Waals surface area contributed by atoms with E-state index < -0.39 is 5.54 Å². The van der Waals surface area contributed by atoms with Crippen molar-refractivity contribution in [2.45, 2.75) is 31.9 Å². The second-order valence-corrected chi connectivity index (χ2v) is 7.63. The van der Waals surface area contributed by atoms with E-state index in [1.165, 1.54) is 0 Å². The standard InChI is InChI=1S/C22H24N4O2/c1-15-11-16(2)24-21(18(15)12-23)26-10-9-22(17-7-5-4-6-8-17)19(13-26)28-14-20(27)25(22)3/h4-8,11,19H,9-10,13-14H2,1-3H3/t19-,22+/m1/s1. The normalized spacial score (nSPS) is 24.6. The van der Waals surface area contributed by atoms with Gasteiger partial charge in [0.2, 0.25) is 5.91 Å². The lowest BCUT2D eigenvalue weighted by Gasteiger charge is -2.55. The van der Waals surface area contributed by atoms with Crippen LogP contribution in [0.15, 0.2) is 36.4 Å². The summed E-state index contributed by atoms with van der Waals surface area (Å²) in [5.41, 5.74) is 3.02. The molecule has 0 aliphatic carbocycles. The summed E-state index contributed by atoms with van der Waals surface area (Å²) in [6, 6.07) is 14.4. The van der Waals surface area contributed by atoms with E-state index in [9.17, 15) is 10.1 Å². The number of piperidine rings is 1. The van der Waals surface area contributed by atoms with E-state index in [2.05, 4.69) is 28.1 Å². The van der Waals surface area contributed by atoms with E-state index in [1.54, 1.807) is 0 Å². The number of carbonyl (C=O) groups excluding carboxylic acids is 1. The largest absolute Gasteiger partial charge is 0.364 e. The summed E-state index contributed by atoms with van der Waals surface area (Å²) in [6.45, 7) is 5.24. The zero-order valence-electron chi connectivity index (χ0n) is 16.5. The van der Waals surface area contributed by atoms with E-state index in [1.807, 2.05) is 50.1 Å². The summed E-state index contributed by atoms with van der Waals surface area (Å²) in [5.74, 6) is 0.709. The Morgan fingerprint density at radius 3 is 2.75 bits per heavy atom. The van der Waals surface area contributed by atoms with Gasteiger partial charge in [0, 0.05) is 25.8 Å². The number of carbonyl (C=O) groups is 1. The van der Waals surface area contributed by atoms with Crippen LogP contribution in [0.25, 0.3) is 0 Å². The molecule has 0 saturated carbocycles. The number of anilines is 1. The molecule has 1 aromatic carbocycles. The molecule has 1 amide bonds. The van der Waals surface area contributed by atoms with Gasteiger partial charge in [-0.05, 0) is 37.5 Å². The molecule has 0 radical (unpaired) electrons. The number of pyridine rings is 1. The van der Waals surface area contributed by atoms with Crippen molar-refractivity contribution in [2.24, 2.45) is 0 Å². The molecule has 144 valence electrons. The molecule has 2 saturated heterocycles. The highest BCUT2D eigenvalue weighted by Gasteiger charge is 2.53. The van der Waals surface area contributed by atoms with E-state index >= 15 is 0 Å². The molecule has 2 aliphatic rings. The molecule has 0 unspecified atom stereocenters. The van der Waals surface area contributed by atoms with Gasteiger partial charge in [-0.3, -0.25) is 4.79 Å². The Morgan fingerprint density at radius 1 is 1.29 bits per heavy atom. The van der Waals surface area contributed by atoms with Gasteiger partial charge in [-0.25, -0.2) is 4.98 Å². The third-order valence-electron chi connectivity index (χ3n) is 6.07. The highest BCUT2D eigenvalue weighted by molar-refractivity contribution is 5.79. The molecule has 6 nitrogen and oxygen atoms in total. The van der Waals surface area contributed by atoms with E-state index in [-0.39, 0.29) is 18.6 Å². The number of nitriles is 1. The molecule has 2 aromatic rings. The molecule has 1 aromatic heterocycles. The number of hydrogen-bond acceptors (Lipinski definition) is 5. The Hall–Kier alpha value is -2.91. The van der Waals surface area contributed by atoms with Crippen molar-refractivity contribution < 1.29 is 9.53 Å². The fourth-order valence-corrected chi connectivity index (χ4v) is 4.60. The molecule has 6 heteroatoms. The second kappa shape index (κ2) is 6.92. The highest BCUT2D eigenvalue weighted by Crippen LogP contribution is 2.43. The van der Waals surface area contributed by atoms with Crippen molar-refractivity contribution in [2.75, 3.05) is 31.6 Å². The number of morpholine rings is 1. The SMILES string of the molecule is Cc1cc(C)c(C#N)c(N2CC[C@]3(c4ccccc4)[C@@H](C2)OCC(=O)N3C)n1. The predicted octanol–water partition coefficient (Wildman–Crippen LogP) is 2.53. The quantitative estimate of drug-likeness (QED) is 0.806. The minimum Gasteiger partial charge on any atom is -0.364 e. The average molecular weight is 376 g/mol. The summed E-state index contributed by atoms with van der Waals surface area (Å²) in [7, 11) is 1.87. The number of hydrogen-bond donors (Lipinski definition) is 0. The van der Waals surface area contributed by atoms with Gasteiger partial charge in [0.15, 0.2) is 0 Å². The molecule has 2 atom stereocenters. The molecule has 4 rings (SSSR count). The Bertz CT molecular complexity index is 953. The number of benzene rings is 1. The highest BCUT2D eigenvalue weighted by atomic mass is 16.5. The molecule has 0 N–H and O–H groups in total. The molecular formula is C22H24N4O2. The molecular weight excluding hydrogens is 352 g/mol. The van der Waals surface area contributed by atoms with E-state index in [0.717, 1.165) is 16.8 Å². The van der Waals surface area contributed by atoms with Gasteiger partial charge >= 0.3 is 0 Å². The molecule has 2 aliphatic heterocycles. The van der Waals surface area contributed by atoms with Crippen molar-refractivity contribution in [3.05, 3.63) is 58.8 Å². The van der Waals surface area contributed by atoms with Gasteiger partial charge in [0.1, 0.15) is 24.6 Å². The van der Waals surface area contributed by atoms with Gasteiger partial charge in [0.25, 0.3) is 0 Å². The first-order valence-corrected chi connectivity index (χ1v) is 9.54. The zero-order valence-corrected chi connectivity index (χ0v) is 16.5. The minimum absolute atomic E-state index is 0.00390. The van der Waals surface area contributed by atoms with Crippen LogP contribution in [0.4, 0.5) is 5.82 Å². The number of aromatic nitrogens is 1. The third kappa shape index (κ3) is 2.74. The Labute approximate surface area is 165 Å². The zero-order chi connectivity index (χ0) is 19.9. The van der Waals surface area contributed by atoms with Crippen LogP contribution in [0.1, 0.15) is 28.8 Å². The van der Waals surface area contributed by atoms with Gasteiger partial charge in [-0.2, -0.15) is 5.26 Å². The fraction of sp³-hybridized carbons (Fsp3) is 0.409. The Morgan fingerprint density at radius 2 is 2.04 bits per heavy atom. The summed E-state index contributed by atoms with van der Waals surface area (Å²) in [6.07, 6.45) is 0.518. The van der Waals surface area contributed by atoms with Crippen LogP contribution in [0.5, 0.6) is 0 Å². The molecule has 28 heavy (non-hydrogen) atoms. The number of amides is 1. The first-order valence-electron chi connectivity index (χ1n) is 9.54. The maximum absolute atomic E-state index is 12.5. The van der Waals surface area contributed by atoms with Crippen LogP contribution in [-0.2, 0) is 15.1 Å². The molecule has 0 bridgehead atoms. The first kappa shape index (κ1) is 18.5. The predicted molar refractivity (Wildman–Crippen MR) is 106 cm³/mol. The van der Waals surface area contributed by atoms with Gasteiger partial charge in [0.05, 0.1) is 11.1 Å². The van der Waals surface area contributed by atoms with Crippen LogP contribution in [0.3, 0.4) is 0 Å². The summed E-state index contributed by atoms with van der Waals surface area (Å²) >= 11 is 0. The first-order chi connectivity index (χ1) is 13.5. The van der Waals surface area contributed by atoms with E-state index in [4.69, 9.17) is 4.74 Å². The Kier molecular flexibility index (Phi) is 4.56. The minimum atomic E-state index is -0.501. The van der Waals surface area contributed by atoms with Crippen molar-refractivity contribution in [3.63, 3.8) is 0 Å². The van der Waals surface area contributed by atoms with Crippen LogP contribution in [0.2, 0.25) is 0 Å². The van der Waals surface area contributed by atoms with E-state index in [0.29, 0.717) is 30.9 Å². The van der Waals surface area contributed by atoms with Gasteiger partial charge < -0.3 is 14.5 Å². The number of ether oxygens (including phenoxy) is 1. The average Bonchev–Trinajstić information content (AvgIpc) is 2.70. The van der Waals surface area contributed by atoms with Crippen molar-refractivity contribution in [1.82, 2.24) is 9.88 Å². The summed E-state index contributed by atoms with van der Waals surface area (Å²) < 4.78 is 6.06. The number of likely N-dealkylation sites (N-methyl/N-ethyl adjacent to an activating group) is 1. The number of fused-ring (bicyclic) bond motifs is 1. The van der Waals surface area contributed by atoms with Crippen LogP contribution < -0.4 is 4.90 Å². The number of aryl methyl sites for hydroxylation is 2. The third-order valence-corrected chi connectivity index (χ3v) is 6.07. The van der Waals surface area contributed by atoms with Crippen LogP contribution in [0, 0.1) is 25.2 Å². The maximum Gasteiger partial charge on any atom is 0.249 e. The van der Waals surface area contributed by atoms with Crippen molar-refractivity contribution in [3.8, 4) is 6.07 Å². The summed E-state index contributed by atoms with van der Waals surface area (Å²) in [4.78, 5) is 21.2. The lowest BCUT2D eigenvalue weighted by Crippen LogP contribution is -2.67. The van der Waals surface area contributed by atoms with Crippen LogP contribution in [-0.4, -0.2) is 48.6 Å². The molecule has 2 fully saturated rings. The van der Waals surface area contributed by atoms with Crippen LogP contribution >= 0.6 is 0 Å². The number of rotatable bonds is 2. The van der Waals surface area contributed by atoms with Gasteiger partial charge in [-0.15, -0.1) is 0 Å². The molecule has 0 spiro atoms. The smallest absolute Gasteiger partial charge is 0.249 e. The number of nitrogens with zero attached hydrogens (tertiary/aromatic N) is 4.